The maximum atomic E-state index is 12.3. The van der Waals surface area contributed by atoms with Crippen LogP contribution >= 0.6 is 0 Å². The van der Waals surface area contributed by atoms with E-state index < -0.39 is 11.9 Å². The van der Waals surface area contributed by atoms with Crippen molar-refractivity contribution in [3.8, 4) is 0 Å². The van der Waals surface area contributed by atoms with Crippen molar-refractivity contribution in [1.82, 2.24) is 15.5 Å². The first-order valence-electron chi connectivity index (χ1n) is 12.8. The molecule has 188 valence electrons. The number of fused-ring (bicyclic) bond motifs is 1. The van der Waals surface area contributed by atoms with E-state index in [9.17, 15) is 19.2 Å². The number of benzene rings is 2. The molecular formula is C29H33N3O4. The Morgan fingerprint density at radius 2 is 1.75 bits per heavy atom. The molecule has 1 atom stereocenters. The molecule has 2 heterocycles. The van der Waals surface area contributed by atoms with Crippen molar-refractivity contribution in [2.45, 2.75) is 70.0 Å². The molecule has 2 aliphatic heterocycles. The number of imide groups is 1. The van der Waals surface area contributed by atoms with Crippen molar-refractivity contribution < 1.29 is 19.2 Å². The lowest BCUT2D eigenvalue weighted by atomic mass is 9.49. The number of hydrogen-bond donors (Lipinski definition) is 2. The van der Waals surface area contributed by atoms with Crippen molar-refractivity contribution in [2.75, 3.05) is 7.05 Å². The summed E-state index contributed by atoms with van der Waals surface area (Å²) in [6, 6.07) is 14.2. The highest BCUT2D eigenvalue weighted by Crippen LogP contribution is 2.61. The summed E-state index contributed by atoms with van der Waals surface area (Å²) in [4.78, 5) is 47.5. The molecule has 7 nitrogen and oxygen atoms in total. The highest BCUT2D eigenvalue weighted by molar-refractivity contribution is 6.05. The third-order valence-electron chi connectivity index (χ3n) is 8.36. The van der Waals surface area contributed by atoms with Gasteiger partial charge in [-0.25, -0.2) is 0 Å². The summed E-state index contributed by atoms with van der Waals surface area (Å²) in [6.45, 7) is 2.46. The predicted molar refractivity (Wildman–Crippen MR) is 136 cm³/mol. The second-order valence-electron chi connectivity index (χ2n) is 10.8. The first-order chi connectivity index (χ1) is 17.3. The quantitative estimate of drug-likeness (QED) is 0.508. The molecule has 2 saturated carbocycles. The molecule has 36 heavy (non-hydrogen) atoms. The number of nitrogens with zero attached hydrogens (tertiary/aromatic N) is 1. The van der Waals surface area contributed by atoms with E-state index in [0.717, 1.165) is 29.2 Å². The summed E-state index contributed by atoms with van der Waals surface area (Å²) >= 11 is 0. The number of amides is 3. The van der Waals surface area contributed by atoms with Crippen LogP contribution in [0.5, 0.6) is 0 Å². The Labute approximate surface area is 211 Å². The zero-order valence-electron chi connectivity index (χ0n) is 20.9. The lowest BCUT2D eigenvalue weighted by molar-refractivity contribution is -0.136. The number of aldehydes is 1. The van der Waals surface area contributed by atoms with Crippen LogP contribution in [0, 0.1) is 12.3 Å². The van der Waals surface area contributed by atoms with Gasteiger partial charge in [-0.2, -0.15) is 0 Å². The van der Waals surface area contributed by atoms with Gasteiger partial charge < -0.3 is 10.2 Å². The smallest absolute Gasteiger partial charge is 0.255 e. The van der Waals surface area contributed by atoms with Crippen LogP contribution in [-0.2, 0) is 16.1 Å². The van der Waals surface area contributed by atoms with E-state index in [-0.39, 0.29) is 18.2 Å². The van der Waals surface area contributed by atoms with E-state index in [1.54, 1.807) is 23.8 Å². The predicted octanol–water partition coefficient (Wildman–Crippen LogP) is 3.50. The second-order valence-corrected chi connectivity index (χ2v) is 10.8. The second kappa shape index (κ2) is 9.62. The fourth-order valence-corrected chi connectivity index (χ4v) is 6.25. The van der Waals surface area contributed by atoms with Gasteiger partial charge in [-0.1, -0.05) is 35.9 Å². The van der Waals surface area contributed by atoms with E-state index in [4.69, 9.17) is 0 Å². The average Bonchev–Trinajstić information content (AvgIpc) is 3.14. The fraction of sp³-hybridized carbons (Fsp3) is 0.448. The van der Waals surface area contributed by atoms with Crippen LogP contribution in [0.3, 0.4) is 0 Å². The Hall–Kier alpha value is -3.32. The maximum Gasteiger partial charge on any atom is 0.255 e. The minimum Gasteiger partial charge on any atom is -0.322 e. The molecule has 2 aromatic rings. The molecular weight excluding hydrogens is 454 g/mol. The molecule has 6 rings (SSSR count). The van der Waals surface area contributed by atoms with Crippen LogP contribution in [0.1, 0.15) is 81.8 Å². The molecule has 0 aromatic heterocycles. The van der Waals surface area contributed by atoms with Crippen LogP contribution in [0.4, 0.5) is 0 Å². The normalized spacial score (nSPS) is 28.4. The van der Waals surface area contributed by atoms with Crippen molar-refractivity contribution >= 4 is 24.0 Å². The zero-order chi connectivity index (χ0) is 25.4. The number of piperidine rings is 1. The number of aryl methyl sites for hydroxylation is 1. The van der Waals surface area contributed by atoms with Crippen LogP contribution in [0.2, 0.25) is 0 Å². The van der Waals surface area contributed by atoms with E-state index in [1.165, 1.54) is 36.1 Å². The lowest BCUT2D eigenvalue weighted by Crippen LogP contribution is -2.53. The Kier molecular flexibility index (Phi) is 6.51. The Bertz CT molecular complexity index is 1190. The topological polar surface area (TPSA) is 95.6 Å². The molecule has 0 bridgehead atoms. The molecule has 2 N–H and O–H groups in total. The SMILES string of the molecule is CNC1CC2(C1)CC(c1ccc(C)cc1)C2.O=Cc1ccc2c(c1)CN(C1CCC(=O)NC1=O)C2=O. The summed E-state index contributed by atoms with van der Waals surface area (Å²) in [6.07, 6.45) is 6.96. The van der Waals surface area contributed by atoms with Crippen LogP contribution in [0.25, 0.3) is 0 Å². The fourth-order valence-electron chi connectivity index (χ4n) is 6.25. The zero-order valence-corrected chi connectivity index (χ0v) is 20.9. The summed E-state index contributed by atoms with van der Waals surface area (Å²) < 4.78 is 0. The van der Waals surface area contributed by atoms with Crippen molar-refractivity contribution in [2.24, 2.45) is 5.41 Å². The van der Waals surface area contributed by atoms with Crippen molar-refractivity contribution in [3.05, 3.63) is 70.3 Å². The van der Waals surface area contributed by atoms with E-state index >= 15 is 0 Å². The lowest BCUT2D eigenvalue weighted by Gasteiger charge is -2.58. The number of carbonyl (C=O) groups excluding carboxylic acids is 4. The highest BCUT2D eigenvalue weighted by atomic mass is 16.2. The number of nitrogens with one attached hydrogen (secondary N) is 2. The average molecular weight is 488 g/mol. The van der Waals surface area contributed by atoms with Crippen LogP contribution in [0.15, 0.2) is 42.5 Å². The molecule has 3 amide bonds. The summed E-state index contributed by atoms with van der Waals surface area (Å²) in [5, 5.41) is 5.64. The minimum absolute atomic E-state index is 0.230. The van der Waals surface area contributed by atoms with Gasteiger partial charge in [0.1, 0.15) is 12.3 Å². The molecule has 2 aromatic carbocycles. The monoisotopic (exact) mass is 487 g/mol. The molecule has 2 aliphatic carbocycles. The molecule has 7 heteroatoms. The summed E-state index contributed by atoms with van der Waals surface area (Å²) in [5.41, 5.74) is 5.41. The number of hydrogen-bond acceptors (Lipinski definition) is 5. The first kappa shape index (κ1) is 24.4. The Balaban J connectivity index is 0.000000152. The molecule has 3 fully saturated rings. The Morgan fingerprint density at radius 1 is 1.03 bits per heavy atom. The number of carbonyl (C=O) groups is 4. The first-order valence-corrected chi connectivity index (χ1v) is 12.8. The molecule has 0 radical (unpaired) electrons. The van der Waals surface area contributed by atoms with Gasteiger partial charge >= 0.3 is 0 Å². The highest BCUT2D eigenvalue weighted by Gasteiger charge is 2.52. The summed E-state index contributed by atoms with van der Waals surface area (Å²) in [7, 11) is 2.09. The summed E-state index contributed by atoms with van der Waals surface area (Å²) in [5.74, 6) is -0.123. The van der Waals surface area contributed by atoms with Gasteiger partial charge in [-0.3, -0.25) is 24.5 Å². The molecule has 1 spiro atoms. The van der Waals surface area contributed by atoms with E-state index in [0.29, 0.717) is 24.1 Å². The molecule has 1 unspecified atom stereocenters. The van der Waals surface area contributed by atoms with E-state index in [2.05, 4.69) is 48.9 Å². The Morgan fingerprint density at radius 3 is 2.39 bits per heavy atom. The van der Waals surface area contributed by atoms with Gasteiger partial charge in [0.05, 0.1) is 0 Å². The van der Waals surface area contributed by atoms with Gasteiger partial charge in [-0.15, -0.1) is 0 Å². The van der Waals surface area contributed by atoms with Gasteiger partial charge in [0.15, 0.2) is 0 Å². The third kappa shape index (κ3) is 4.60. The van der Waals surface area contributed by atoms with Crippen molar-refractivity contribution in [1.29, 1.82) is 0 Å². The maximum absolute atomic E-state index is 12.3. The standard InChI is InChI=1S/C15H21N.C14H12N2O4/c1-11-3-5-12(6-4-11)13-7-15(8-13)9-14(10-15)16-2;17-7-8-1-2-10-9(5-8)6-16(14(10)20)11-3-4-12(18)15-13(11)19/h3-6,13-14,16H,7-10H2,1-2H3;1-2,5,7,11H,3-4,6H2,(H,15,18,19). The van der Waals surface area contributed by atoms with Crippen LogP contribution in [-0.4, -0.2) is 48.0 Å². The minimum atomic E-state index is -0.618. The van der Waals surface area contributed by atoms with E-state index in [1.807, 2.05) is 0 Å². The van der Waals surface area contributed by atoms with Gasteiger partial charge in [0, 0.05) is 30.1 Å². The molecule has 4 aliphatic rings. The molecule has 1 saturated heterocycles. The van der Waals surface area contributed by atoms with Crippen LogP contribution < -0.4 is 10.6 Å². The van der Waals surface area contributed by atoms with Gasteiger partial charge in [0.25, 0.3) is 5.91 Å². The largest absolute Gasteiger partial charge is 0.322 e. The number of rotatable bonds is 4. The van der Waals surface area contributed by atoms with Gasteiger partial charge in [0.2, 0.25) is 11.8 Å². The van der Waals surface area contributed by atoms with Gasteiger partial charge in [-0.05, 0) is 80.7 Å². The van der Waals surface area contributed by atoms with Crippen molar-refractivity contribution in [3.63, 3.8) is 0 Å². The third-order valence-corrected chi connectivity index (χ3v) is 8.36.